The van der Waals surface area contributed by atoms with Gasteiger partial charge in [-0.05, 0) is 37.1 Å². The van der Waals surface area contributed by atoms with Crippen LogP contribution in [0.5, 0.6) is 5.75 Å². The average Bonchev–Trinajstić information content (AvgIpc) is 2.76. The van der Waals surface area contributed by atoms with Gasteiger partial charge in [0.1, 0.15) is 11.6 Å². The molecule has 1 aliphatic heterocycles. The van der Waals surface area contributed by atoms with Crippen LogP contribution in [-0.2, 0) is 4.79 Å². The number of aliphatic carboxylic acids is 1. The van der Waals surface area contributed by atoms with Crippen molar-refractivity contribution in [3.63, 3.8) is 0 Å². The number of benzene rings is 1. The molecular formula is C13H16FNO3. The summed E-state index contributed by atoms with van der Waals surface area (Å²) in [5, 5.41) is 12.0. The van der Waals surface area contributed by atoms with E-state index in [0.29, 0.717) is 18.7 Å². The van der Waals surface area contributed by atoms with Crippen molar-refractivity contribution < 1.29 is 19.0 Å². The van der Waals surface area contributed by atoms with Gasteiger partial charge in [-0.1, -0.05) is 0 Å². The lowest BCUT2D eigenvalue weighted by atomic mass is 9.97. The Morgan fingerprint density at radius 3 is 3.06 bits per heavy atom. The van der Waals surface area contributed by atoms with Gasteiger partial charge < -0.3 is 15.2 Å². The van der Waals surface area contributed by atoms with Crippen LogP contribution in [0.1, 0.15) is 24.4 Å². The van der Waals surface area contributed by atoms with Gasteiger partial charge in [-0.25, -0.2) is 4.39 Å². The topological polar surface area (TPSA) is 58.6 Å². The predicted molar refractivity (Wildman–Crippen MR) is 64.1 cm³/mol. The third-order valence-electron chi connectivity index (χ3n) is 3.25. The Bertz CT molecular complexity index is 450. The molecule has 0 spiro atoms. The summed E-state index contributed by atoms with van der Waals surface area (Å²) in [5.74, 6) is -0.395. The Hall–Kier alpha value is -1.62. The van der Waals surface area contributed by atoms with Crippen LogP contribution < -0.4 is 10.1 Å². The van der Waals surface area contributed by atoms with Crippen molar-refractivity contribution in [2.75, 3.05) is 13.7 Å². The van der Waals surface area contributed by atoms with E-state index in [-0.39, 0.29) is 24.2 Å². The molecule has 1 saturated heterocycles. The molecule has 98 valence electrons. The molecule has 0 aromatic heterocycles. The first-order valence-corrected chi connectivity index (χ1v) is 5.88. The maximum Gasteiger partial charge on any atom is 0.303 e. The zero-order valence-corrected chi connectivity index (χ0v) is 10.1. The van der Waals surface area contributed by atoms with Crippen LogP contribution in [0.25, 0.3) is 0 Å². The number of nitrogens with one attached hydrogen (secondary N) is 1. The molecule has 1 fully saturated rings. The van der Waals surface area contributed by atoms with E-state index in [1.165, 1.54) is 12.1 Å². The van der Waals surface area contributed by atoms with Crippen LogP contribution in [0.15, 0.2) is 18.2 Å². The number of hydrogen-bond donors (Lipinski definition) is 2. The first kappa shape index (κ1) is 12.8. The van der Waals surface area contributed by atoms with E-state index < -0.39 is 5.97 Å². The van der Waals surface area contributed by atoms with Crippen molar-refractivity contribution in [3.8, 4) is 5.75 Å². The summed E-state index contributed by atoms with van der Waals surface area (Å²) in [6.07, 6.45) is 0.827. The highest BCUT2D eigenvalue weighted by Gasteiger charge is 2.28. The van der Waals surface area contributed by atoms with Crippen molar-refractivity contribution in [1.82, 2.24) is 5.32 Å². The van der Waals surface area contributed by atoms with E-state index in [2.05, 4.69) is 5.32 Å². The van der Waals surface area contributed by atoms with Crippen LogP contribution in [0.4, 0.5) is 4.39 Å². The summed E-state index contributed by atoms with van der Waals surface area (Å²) in [4.78, 5) is 10.7. The average molecular weight is 253 g/mol. The van der Waals surface area contributed by atoms with Gasteiger partial charge in [0, 0.05) is 18.0 Å². The number of hydrogen-bond acceptors (Lipinski definition) is 3. The van der Waals surface area contributed by atoms with Gasteiger partial charge in [0.15, 0.2) is 0 Å². The summed E-state index contributed by atoms with van der Waals surface area (Å²) >= 11 is 0. The molecule has 1 aliphatic rings. The van der Waals surface area contributed by atoms with Crippen molar-refractivity contribution >= 4 is 5.97 Å². The number of halogens is 1. The van der Waals surface area contributed by atoms with Crippen molar-refractivity contribution in [1.29, 1.82) is 0 Å². The monoisotopic (exact) mass is 253 g/mol. The normalized spacial score (nSPS) is 23.0. The zero-order chi connectivity index (χ0) is 13.1. The van der Waals surface area contributed by atoms with Crippen molar-refractivity contribution in [3.05, 3.63) is 29.6 Å². The van der Waals surface area contributed by atoms with E-state index in [0.717, 1.165) is 5.56 Å². The minimum Gasteiger partial charge on any atom is -0.496 e. The second kappa shape index (κ2) is 5.35. The number of methoxy groups -OCH3 is 1. The van der Waals surface area contributed by atoms with Crippen LogP contribution in [0.3, 0.4) is 0 Å². The lowest BCUT2D eigenvalue weighted by Gasteiger charge is -2.15. The molecule has 0 amide bonds. The van der Waals surface area contributed by atoms with Crippen LogP contribution >= 0.6 is 0 Å². The molecule has 1 heterocycles. The molecule has 2 atom stereocenters. The third-order valence-corrected chi connectivity index (χ3v) is 3.25. The highest BCUT2D eigenvalue weighted by molar-refractivity contribution is 5.67. The molecule has 1 aromatic rings. The van der Waals surface area contributed by atoms with Gasteiger partial charge in [-0.2, -0.15) is 0 Å². The Balaban J connectivity index is 2.13. The lowest BCUT2D eigenvalue weighted by molar-refractivity contribution is -0.137. The van der Waals surface area contributed by atoms with E-state index in [4.69, 9.17) is 9.84 Å². The molecule has 0 bridgehead atoms. The third kappa shape index (κ3) is 2.79. The number of carboxylic acids is 1. The molecule has 4 nitrogen and oxygen atoms in total. The number of ether oxygens (including phenoxy) is 1. The maximum absolute atomic E-state index is 13.3. The standard InChI is InChI=1S/C13H16FNO3/c1-18-12-3-2-9(14)6-10(12)11-4-8(7-15-11)5-13(16)17/h2-3,6,8,11,15H,4-5,7H2,1H3,(H,16,17)/t8?,11-/m1/s1. The summed E-state index contributed by atoms with van der Waals surface area (Å²) in [5.41, 5.74) is 0.755. The Kier molecular flexibility index (Phi) is 3.81. The fourth-order valence-corrected chi connectivity index (χ4v) is 2.43. The number of rotatable bonds is 4. The van der Waals surface area contributed by atoms with Crippen LogP contribution in [-0.4, -0.2) is 24.7 Å². The van der Waals surface area contributed by atoms with Gasteiger partial charge in [0.2, 0.25) is 0 Å². The number of carbonyl (C=O) groups is 1. The van der Waals surface area contributed by atoms with E-state index in [1.807, 2.05) is 0 Å². The van der Waals surface area contributed by atoms with Crippen LogP contribution in [0, 0.1) is 11.7 Å². The Labute approximate surface area is 105 Å². The molecule has 1 aromatic carbocycles. The molecule has 0 aliphatic carbocycles. The summed E-state index contributed by atoms with van der Waals surface area (Å²) < 4.78 is 18.5. The highest BCUT2D eigenvalue weighted by Crippen LogP contribution is 2.34. The SMILES string of the molecule is COc1ccc(F)cc1[C@H]1CC(CC(=O)O)CN1. The Morgan fingerprint density at radius 2 is 2.39 bits per heavy atom. The Morgan fingerprint density at radius 1 is 1.61 bits per heavy atom. The fourth-order valence-electron chi connectivity index (χ4n) is 2.43. The first-order valence-electron chi connectivity index (χ1n) is 5.88. The smallest absolute Gasteiger partial charge is 0.303 e. The molecule has 2 rings (SSSR count). The molecule has 18 heavy (non-hydrogen) atoms. The van der Waals surface area contributed by atoms with Gasteiger partial charge in [-0.15, -0.1) is 0 Å². The predicted octanol–water partition coefficient (Wildman–Crippen LogP) is 1.96. The second-order valence-corrected chi connectivity index (χ2v) is 4.55. The van der Waals surface area contributed by atoms with Gasteiger partial charge >= 0.3 is 5.97 Å². The van der Waals surface area contributed by atoms with Crippen molar-refractivity contribution in [2.45, 2.75) is 18.9 Å². The largest absolute Gasteiger partial charge is 0.496 e. The summed E-state index contributed by atoms with van der Waals surface area (Å²) in [6.45, 7) is 0.636. The molecule has 5 heteroatoms. The zero-order valence-electron chi connectivity index (χ0n) is 10.1. The van der Waals surface area contributed by atoms with Gasteiger partial charge in [0.05, 0.1) is 7.11 Å². The minimum atomic E-state index is -0.798. The highest BCUT2D eigenvalue weighted by atomic mass is 19.1. The molecule has 0 saturated carbocycles. The van der Waals surface area contributed by atoms with E-state index in [9.17, 15) is 9.18 Å². The minimum absolute atomic E-state index is 0.0417. The quantitative estimate of drug-likeness (QED) is 0.861. The summed E-state index contributed by atoms with van der Waals surface area (Å²) in [7, 11) is 1.54. The number of carboxylic acid groups (broad SMARTS) is 1. The maximum atomic E-state index is 13.3. The molecular weight excluding hydrogens is 237 g/mol. The fraction of sp³-hybridized carbons (Fsp3) is 0.462. The molecule has 0 radical (unpaired) electrons. The first-order chi connectivity index (χ1) is 8.60. The second-order valence-electron chi connectivity index (χ2n) is 4.55. The molecule has 2 N–H and O–H groups in total. The lowest BCUT2D eigenvalue weighted by Crippen LogP contribution is -2.15. The van der Waals surface area contributed by atoms with Crippen LogP contribution in [0.2, 0.25) is 0 Å². The van der Waals surface area contributed by atoms with Gasteiger partial charge in [0.25, 0.3) is 0 Å². The summed E-state index contributed by atoms with van der Waals surface area (Å²) in [6, 6.07) is 4.35. The molecule has 1 unspecified atom stereocenters. The van der Waals surface area contributed by atoms with Crippen molar-refractivity contribution in [2.24, 2.45) is 5.92 Å². The van der Waals surface area contributed by atoms with Gasteiger partial charge in [-0.3, -0.25) is 4.79 Å². The van der Waals surface area contributed by atoms with E-state index in [1.54, 1.807) is 13.2 Å². The van der Waals surface area contributed by atoms with E-state index >= 15 is 0 Å².